The van der Waals surface area contributed by atoms with Gasteiger partial charge in [0.15, 0.2) is 0 Å². The Kier molecular flexibility index (Phi) is 8.02. The Hall–Kier alpha value is -2.73. The third kappa shape index (κ3) is 5.54. The van der Waals surface area contributed by atoms with E-state index in [4.69, 9.17) is 16.3 Å². The minimum Gasteiger partial charge on any atom is -0.497 e. The fourth-order valence-corrected chi connectivity index (χ4v) is 4.35. The van der Waals surface area contributed by atoms with Crippen LogP contribution in [0.15, 0.2) is 42.5 Å². The minimum atomic E-state index is -0.261. The lowest BCUT2D eigenvalue weighted by molar-refractivity contribution is 0.0696. The van der Waals surface area contributed by atoms with Crippen LogP contribution in [0.5, 0.6) is 5.75 Å². The molecule has 0 heterocycles. The number of amides is 3. The van der Waals surface area contributed by atoms with Crippen LogP contribution >= 0.6 is 11.6 Å². The largest absolute Gasteiger partial charge is 0.497 e. The number of ether oxygens (including phenoxy) is 1. The second-order valence-corrected chi connectivity index (χ2v) is 8.80. The Labute approximate surface area is 195 Å². The van der Waals surface area contributed by atoms with Crippen molar-refractivity contribution in [3.63, 3.8) is 0 Å². The van der Waals surface area contributed by atoms with Crippen LogP contribution in [-0.4, -0.2) is 49.0 Å². The Morgan fingerprint density at radius 3 is 2.31 bits per heavy atom. The molecule has 0 bridgehead atoms. The van der Waals surface area contributed by atoms with E-state index in [9.17, 15) is 9.59 Å². The smallest absolute Gasteiger partial charge is 0.322 e. The molecule has 2 aromatic rings. The van der Waals surface area contributed by atoms with Crippen molar-refractivity contribution in [1.29, 1.82) is 0 Å². The maximum absolute atomic E-state index is 12.9. The first-order valence-corrected chi connectivity index (χ1v) is 11.4. The lowest BCUT2D eigenvalue weighted by Crippen LogP contribution is -2.38. The first-order chi connectivity index (χ1) is 15.3. The van der Waals surface area contributed by atoms with E-state index in [1.165, 1.54) is 6.42 Å². The third-order valence-electron chi connectivity index (χ3n) is 6.39. The van der Waals surface area contributed by atoms with E-state index in [1.54, 1.807) is 37.3 Å². The topological polar surface area (TPSA) is 61.9 Å². The van der Waals surface area contributed by atoms with E-state index in [0.717, 1.165) is 37.0 Å². The molecule has 1 aliphatic rings. The minimum absolute atomic E-state index is 0.0787. The van der Waals surface area contributed by atoms with Gasteiger partial charge in [-0.1, -0.05) is 43.0 Å². The Morgan fingerprint density at radius 1 is 1.06 bits per heavy atom. The van der Waals surface area contributed by atoms with Gasteiger partial charge in [-0.25, -0.2) is 4.79 Å². The molecule has 1 saturated carbocycles. The highest BCUT2D eigenvalue weighted by molar-refractivity contribution is 6.34. The highest BCUT2D eigenvalue weighted by atomic mass is 35.5. The number of hydrogen-bond donors (Lipinski definition) is 1. The van der Waals surface area contributed by atoms with Crippen LogP contribution in [0.4, 0.5) is 10.5 Å². The molecular weight excluding hydrogens is 426 g/mol. The number of anilines is 1. The van der Waals surface area contributed by atoms with Crippen molar-refractivity contribution in [3.05, 3.63) is 58.6 Å². The van der Waals surface area contributed by atoms with Gasteiger partial charge < -0.3 is 19.9 Å². The fraction of sp³-hybridized carbons (Fsp3) is 0.440. The molecule has 0 aromatic heterocycles. The van der Waals surface area contributed by atoms with Crippen LogP contribution in [-0.2, 0) is 0 Å². The zero-order valence-corrected chi connectivity index (χ0v) is 20.0. The Bertz CT molecular complexity index is 942. The van der Waals surface area contributed by atoms with Gasteiger partial charge in [-0.15, -0.1) is 0 Å². The lowest BCUT2D eigenvalue weighted by Gasteiger charge is -2.31. The number of halogens is 1. The van der Waals surface area contributed by atoms with Crippen LogP contribution in [0.3, 0.4) is 0 Å². The summed E-state index contributed by atoms with van der Waals surface area (Å²) in [7, 11) is 5.21. The Balaban J connectivity index is 1.64. The molecule has 1 N–H and O–H groups in total. The van der Waals surface area contributed by atoms with Crippen molar-refractivity contribution >= 4 is 29.2 Å². The molecule has 3 amide bonds. The van der Waals surface area contributed by atoms with Gasteiger partial charge in [0.05, 0.1) is 23.7 Å². The molecule has 1 aliphatic carbocycles. The SMILES string of the molecule is COc1ccc(C(C)N(C)C(=O)Nc2ccc(C(=O)N(C)C3CCCCC3)c(Cl)c2)cc1. The predicted octanol–water partition coefficient (Wildman–Crippen LogP) is 5.98. The van der Waals surface area contributed by atoms with E-state index >= 15 is 0 Å². The van der Waals surface area contributed by atoms with Gasteiger partial charge in [0.2, 0.25) is 0 Å². The van der Waals surface area contributed by atoms with Crippen molar-refractivity contribution in [2.45, 2.75) is 51.1 Å². The molecule has 3 rings (SSSR count). The third-order valence-corrected chi connectivity index (χ3v) is 6.71. The molecular formula is C25H32ClN3O3. The molecule has 7 heteroatoms. The number of hydrogen-bond acceptors (Lipinski definition) is 3. The first kappa shape index (κ1) is 23.9. The van der Waals surface area contributed by atoms with Gasteiger partial charge in [0.1, 0.15) is 5.75 Å². The first-order valence-electron chi connectivity index (χ1n) is 11.1. The van der Waals surface area contributed by atoms with E-state index in [0.29, 0.717) is 16.3 Å². The van der Waals surface area contributed by atoms with Gasteiger partial charge in [0, 0.05) is 25.8 Å². The van der Waals surface area contributed by atoms with E-state index in [2.05, 4.69) is 5.32 Å². The summed E-state index contributed by atoms with van der Waals surface area (Å²) < 4.78 is 5.19. The van der Waals surface area contributed by atoms with Gasteiger partial charge in [0.25, 0.3) is 5.91 Å². The van der Waals surface area contributed by atoms with Crippen molar-refractivity contribution in [2.75, 3.05) is 26.5 Å². The zero-order valence-electron chi connectivity index (χ0n) is 19.2. The molecule has 1 atom stereocenters. The molecule has 0 saturated heterocycles. The molecule has 1 fully saturated rings. The number of urea groups is 1. The van der Waals surface area contributed by atoms with E-state index < -0.39 is 0 Å². The van der Waals surface area contributed by atoms with Crippen LogP contribution in [0, 0.1) is 0 Å². The summed E-state index contributed by atoms with van der Waals surface area (Å²) in [6, 6.07) is 12.5. The van der Waals surface area contributed by atoms with E-state index in [-0.39, 0.29) is 24.0 Å². The normalized spacial score (nSPS) is 15.0. The molecule has 0 aliphatic heterocycles. The summed E-state index contributed by atoms with van der Waals surface area (Å²) in [5, 5.41) is 3.20. The summed E-state index contributed by atoms with van der Waals surface area (Å²) in [4.78, 5) is 29.1. The van der Waals surface area contributed by atoms with Crippen molar-refractivity contribution in [1.82, 2.24) is 9.80 Å². The van der Waals surface area contributed by atoms with Gasteiger partial charge in [-0.3, -0.25) is 4.79 Å². The second kappa shape index (κ2) is 10.7. The second-order valence-electron chi connectivity index (χ2n) is 8.39. The molecule has 0 radical (unpaired) electrons. The summed E-state index contributed by atoms with van der Waals surface area (Å²) in [6.07, 6.45) is 5.62. The number of benzene rings is 2. The molecule has 32 heavy (non-hydrogen) atoms. The zero-order chi connectivity index (χ0) is 23.3. The fourth-order valence-electron chi connectivity index (χ4n) is 4.08. The standard InChI is InChI=1S/C25H32ClN3O3/c1-17(18-10-13-21(32-4)14-11-18)28(2)25(31)27-19-12-15-22(23(26)16-19)24(30)29(3)20-8-6-5-7-9-20/h10-17,20H,5-9H2,1-4H3,(H,27,31). The number of carbonyl (C=O) groups is 2. The number of methoxy groups -OCH3 is 1. The number of nitrogens with zero attached hydrogens (tertiary/aromatic N) is 2. The summed E-state index contributed by atoms with van der Waals surface area (Å²) in [5.41, 5.74) is 2.00. The van der Waals surface area contributed by atoms with Crippen LogP contribution in [0.2, 0.25) is 5.02 Å². The molecule has 2 aromatic carbocycles. The summed E-state index contributed by atoms with van der Waals surface area (Å²) >= 11 is 6.43. The molecule has 6 nitrogen and oxygen atoms in total. The van der Waals surface area contributed by atoms with Crippen LogP contribution in [0.1, 0.15) is 61.0 Å². The lowest BCUT2D eigenvalue weighted by atomic mass is 9.94. The summed E-state index contributed by atoms with van der Waals surface area (Å²) in [5.74, 6) is 0.691. The Morgan fingerprint density at radius 2 is 1.72 bits per heavy atom. The van der Waals surface area contributed by atoms with Crippen LogP contribution < -0.4 is 10.1 Å². The average molecular weight is 458 g/mol. The summed E-state index contributed by atoms with van der Waals surface area (Å²) in [6.45, 7) is 1.96. The van der Waals surface area contributed by atoms with Gasteiger partial charge in [-0.2, -0.15) is 0 Å². The number of nitrogens with one attached hydrogen (secondary N) is 1. The molecule has 0 spiro atoms. The molecule has 172 valence electrons. The van der Waals surface area contributed by atoms with Crippen molar-refractivity contribution in [3.8, 4) is 5.75 Å². The average Bonchev–Trinajstić information content (AvgIpc) is 2.83. The highest BCUT2D eigenvalue weighted by Crippen LogP contribution is 2.27. The quantitative estimate of drug-likeness (QED) is 0.580. The van der Waals surface area contributed by atoms with E-state index in [1.807, 2.05) is 43.1 Å². The van der Waals surface area contributed by atoms with Gasteiger partial charge in [-0.05, 0) is 55.7 Å². The monoisotopic (exact) mass is 457 g/mol. The van der Waals surface area contributed by atoms with Crippen molar-refractivity contribution < 1.29 is 14.3 Å². The number of rotatable bonds is 6. The molecule has 1 unspecified atom stereocenters. The number of carbonyl (C=O) groups excluding carboxylic acids is 2. The van der Waals surface area contributed by atoms with Crippen LogP contribution in [0.25, 0.3) is 0 Å². The van der Waals surface area contributed by atoms with Gasteiger partial charge >= 0.3 is 6.03 Å². The maximum atomic E-state index is 12.9. The van der Waals surface area contributed by atoms with Crippen molar-refractivity contribution in [2.24, 2.45) is 0 Å². The maximum Gasteiger partial charge on any atom is 0.322 e. The highest BCUT2D eigenvalue weighted by Gasteiger charge is 2.25. The predicted molar refractivity (Wildman–Crippen MR) is 129 cm³/mol.